The van der Waals surface area contributed by atoms with Gasteiger partial charge in [-0.2, -0.15) is 0 Å². The average molecular weight is 234 g/mol. The summed E-state index contributed by atoms with van der Waals surface area (Å²) in [5, 5.41) is 1.06. The summed E-state index contributed by atoms with van der Waals surface area (Å²) in [7, 11) is 0. The van der Waals surface area contributed by atoms with Crippen molar-refractivity contribution in [1.29, 1.82) is 0 Å². The molecular formula is C13H18N2O2. The van der Waals surface area contributed by atoms with E-state index in [0.29, 0.717) is 6.54 Å². The summed E-state index contributed by atoms with van der Waals surface area (Å²) >= 11 is 0. The number of ether oxygens (including phenoxy) is 1. The van der Waals surface area contributed by atoms with Gasteiger partial charge in [-0.1, -0.05) is 36.4 Å². The molecule has 0 aliphatic rings. The number of nitrogens with two attached hydrogens (primary N) is 1. The van der Waals surface area contributed by atoms with Crippen molar-refractivity contribution in [3.63, 3.8) is 0 Å². The lowest BCUT2D eigenvalue weighted by atomic mass is 10.1. The number of carbonyl (C=O) groups excluding carboxylic acids is 1. The van der Waals surface area contributed by atoms with Crippen LogP contribution in [0, 0.1) is 13.8 Å². The van der Waals surface area contributed by atoms with E-state index in [1.165, 1.54) is 11.6 Å². The Morgan fingerprint density at radius 2 is 2.24 bits per heavy atom. The second-order valence-corrected chi connectivity index (χ2v) is 3.92. The molecule has 0 unspecified atom stereocenters. The Kier molecular flexibility index (Phi) is 4.72. The molecule has 0 aromatic heterocycles. The molecule has 0 aliphatic carbocycles. The molecular weight excluding hydrogens is 216 g/mol. The number of nitrogens with zero attached hydrogens (tertiary/aromatic N) is 1. The maximum atomic E-state index is 11.4. The van der Waals surface area contributed by atoms with E-state index in [1.54, 1.807) is 0 Å². The van der Waals surface area contributed by atoms with Crippen LogP contribution >= 0.6 is 0 Å². The van der Waals surface area contributed by atoms with Crippen LogP contribution in [0.4, 0.5) is 4.79 Å². The van der Waals surface area contributed by atoms with Crippen molar-refractivity contribution in [1.82, 2.24) is 5.01 Å². The van der Waals surface area contributed by atoms with Crippen molar-refractivity contribution < 1.29 is 9.53 Å². The van der Waals surface area contributed by atoms with Crippen LogP contribution < -0.4 is 5.84 Å². The fourth-order valence-electron chi connectivity index (χ4n) is 1.48. The monoisotopic (exact) mass is 234 g/mol. The summed E-state index contributed by atoms with van der Waals surface area (Å²) in [6, 6.07) is 6.01. The zero-order valence-electron chi connectivity index (χ0n) is 10.3. The molecule has 0 saturated carbocycles. The zero-order chi connectivity index (χ0) is 12.8. The van der Waals surface area contributed by atoms with Gasteiger partial charge in [0.1, 0.15) is 6.61 Å². The molecule has 0 spiro atoms. The number of amides is 1. The fourth-order valence-corrected chi connectivity index (χ4v) is 1.48. The highest BCUT2D eigenvalue weighted by Crippen LogP contribution is 2.12. The molecule has 1 aromatic carbocycles. The third kappa shape index (κ3) is 3.92. The first-order valence-corrected chi connectivity index (χ1v) is 5.40. The average Bonchev–Trinajstić information content (AvgIpc) is 2.29. The lowest BCUT2D eigenvalue weighted by Crippen LogP contribution is -2.37. The maximum absolute atomic E-state index is 11.4. The van der Waals surface area contributed by atoms with Crippen molar-refractivity contribution in [2.24, 2.45) is 5.84 Å². The molecule has 1 amide bonds. The Morgan fingerprint density at radius 1 is 1.53 bits per heavy atom. The van der Waals surface area contributed by atoms with E-state index >= 15 is 0 Å². The van der Waals surface area contributed by atoms with Crippen LogP contribution in [-0.2, 0) is 11.3 Å². The molecule has 4 nitrogen and oxygen atoms in total. The third-order valence-electron chi connectivity index (χ3n) is 2.40. The van der Waals surface area contributed by atoms with E-state index in [-0.39, 0.29) is 6.61 Å². The van der Waals surface area contributed by atoms with E-state index in [2.05, 4.69) is 12.6 Å². The molecule has 0 radical (unpaired) electrons. The SMILES string of the molecule is C=CCOC(=O)N(N)Cc1ccc(C)cc1C. The van der Waals surface area contributed by atoms with Gasteiger partial charge in [0.15, 0.2) is 0 Å². The summed E-state index contributed by atoms with van der Waals surface area (Å²) in [4.78, 5) is 11.4. The molecule has 0 saturated heterocycles. The zero-order valence-corrected chi connectivity index (χ0v) is 10.3. The molecule has 4 heteroatoms. The van der Waals surface area contributed by atoms with Gasteiger partial charge in [-0.25, -0.2) is 15.6 Å². The fraction of sp³-hybridized carbons (Fsp3) is 0.308. The van der Waals surface area contributed by atoms with Gasteiger partial charge in [0.25, 0.3) is 0 Å². The Balaban J connectivity index is 2.64. The van der Waals surface area contributed by atoms with Gasteiger partial charge in [-0.15, -0.1) is 0 Å². The molecule has 2 N–H and O–H groups in total. The van der Waals surface area contributed by atoms with Gasteiger partial charge in [0.05, 0.1) is 6.54 Å². The first-order chi connectivity index (χ1) is 8.04. The second kappa shape index (κ2) is 6.06. The highest BCUT2D eigenvalue weighted by Gasteiger charge is 2.11. The first-order valence-electron chi connectivity index (χ1n) is 5.40. The van der Waals surface area contributed by atoms with Gasteiger partial charge in [0, 0.05) is 0 Å². The number of hydrogen-bond acceptors (Lipinski definition) is 3. The Bertz CT molecular complexity index is 416. The van der Waals surface area contributed by atoms with E-state index in [4.69, 9.17) is 10.6 Å². The first kappa shape index (κ1) is 13.3. The number of hydrazine groups is 1. The standard InChI is InChI=1S/C13H18N2O2/c1-4-7-17-13(16)15(14)9-12-6-5-10(2)8-11(12)3/h4-6,8H,1,7,9,14H2,2-3H3. The van der Waals surface area contributed by atoms with Crippen molar-refractivity contribution in [3.8, 4) is 0 Å². The Hall–Kier alpha value is -1.81. The number of benzene rings is 1. The van der Waals surface area contributed by atoms with Crippen LogP contribution in [0.5, 0.6) is 0 Å². The van der Waals surface area contributed by atoms with Crippen LogP contribution in [-0.4, -0.2) is 17.7 Å². The lowest BCUT2D eigenvalue weighted by molar-refractivity contribution is 0.110. The van der Waals surface area contributed by atoms with Crippen LogP contribution in [0.1, 0.15) is 16.7 Å². The van der Waals surface area contributed by atoms with Crippen LogP contribution in [0.25, 0.3) is 0 Å². The molecule has 92 valence electrons. The smallest absolute Gasteiger partial charge is 0.424 e. The van der Waals surface area contributed by atoms with Crippen LogP contribution in [0.15, 0.2) is 30.9 Å². The van der Waals surface area contributed by atoms with Gasteiger partial charge >= 0.3 is 6.09 Å². The minimum absolute atomic E-state index is 0.166. The maximum Gasteiger partial charge on any atom is 0.424 e. The summed E-state index contributed by atoms with van der Waals surface area (Å²) < 4.78 is 4.83. The summed E-state index contributed by atoms with van der Waals surface area (Å²) in [6.45, 7) is 7.98. The minimum Gasteiger partial charge on any atom is -0.444 e. The predicted molar refractivity (Wildman–Crippen MR) is 67.2 cm³/mol. The normalized spacial score (nSPS) is 9.82. The number of carbonyl (C=O) groups is 1. The molecule has 1 rings (SSSR count). The van der Waals surface area contributed by atoms with Crippen molar-refractivity contribution in [2.45, 2.75) is 20.4 Å². The Morgan fingerprint density at radius 3 is 2.82 bits per heavy atom. The van der Waals surface area contributed by atoms with E-state index < -0.39 is 6.09 Å². The van der Waals surface area contributed by atoms with E-state index in [1.807, 2.05) is 26.0 Å². The number of rotatable bonds is 4. The van der Waals surface area contributed by atoms with Crippen molar-refractivity contribution in [2.75, 3.05) is 6.61 Å². The largest absolute Gasteiger partial charge is 0.444 e. The van der Waals surface area contributed by atoms with Crippen molar-refractivity contribution in [3.05, 3.63) is 47.5 Å². The Labute approximate surface area is 102 Å². The van der Waals surface area contributed by atoms with E-state index in [0.717, 1.165) is 16.1 Å². The second-order valence-electron chi connectivity index (χ2n) is 3.92. The molecule has 0 bridgehead atoms. The number of hydrogen-bond donors (Lipinski definition) is 1. The molecule has 0 fully saturated rings. The molecule has 0 aliphatic heterocycles. The van der Waals surface area contributed by atoms with Crippen LogP contribution in [0.3, 0.4) is 0 Å². The molecule has 1 aromatic rings. The highest BCUT2D eigenvalue weighted by atomic mass is 16.6. The minimum atomic E-state index is -0.551. The molecule has 0 atom stereocenters. The number of aryl methyl sites for hydroxylation is 2. The molecule has 17 heavy (non-hydrogen) atoms. The van der Waals surface area contributed by atoms with Gasteiger partial charge in [-0.05, 0) is 25.0 Å². The topological polar surface area (TPSA) is 55.6 Å². The highest BCUT2D eigenvalue weighted by molar-refractivity contribution is 5.67. The van der Waals surface area contributed by atoms with Crippen molar-refractivity contribution >= 4 is 6.09 Å². The third-order valence-corrected chi connectivity index (χ3v) is 2.40. The van der Waals surface area contributed by atoms with Crippen LogP contribution in [0.2, 0.25) is 0 Å². The lowest BCUT2D eigenvalue weighted by Gasteiger charge is -2.17. The van der Waals surface area contributed by atoms with Gasteiger partial charge in [-0.3, -0.25) is 0 Å². The molecule has 0 heterocycles. The van der Waals surface area contributed by atoms with E-state index in [9.17, 15) is 4.79 Å². The van der Waals surface area contributed by atoms with Gasteiger partial charge in [0.2, 0.25) is 0 Å². The summed E-state index contributed by atoms with van der Waals surface area (Å²) in [6.07, 6.45) is 0.952. The summed E-state index contributed by atoms with van der Waals surface area (Å²) in [5.41, 5.74) is 3.30. The predicted octanol–water partition coefficient (Wildman–Crippen LogP) is 2.30. The summed E-state index contributed by atoms with van der Waals surface area (Å²) in [5.74, 6) is 5.62. The van der Waals surface area contributed by atoms with Gasteiger partial charge < -0.3 is 4.74 Å². The quantitative estimate of drug-likeness (QED) is 0.376.